The summed E-state index contributed by atoms with van der Waals surface area (Å²) >= 11 is 0. The minimum atomic E-state index is -4.38. The van der Waals surface area contributed by atoms with Crippen LogP contribution in [0.15, 0.2) is 42.5 Å². The molecule has 3 nitrogen and oxygen atoms in total. The zero-order valence-corrected chi connectivity index (χ0v) is 21.7. The Balaban J connectivity index is 0.00000100. The van der Waals surface area contributed by atoms with Crippen LogP contribution in [0, 0.1) is 11.8 Å². The molecule has 0 aliphatic carbocycles. The van der Waals surface area contributed by atoms with E-state index in [1.54, 1.807) is 6.07 Å². The first-order chi connectivity index (χ1) is 16.4. The lowest BCUT2D eigenvalue weighted by Crippen LogP contribution is -2.34. The lowest BCUT2D eigenvalue weighted by atomic mass is 9.90. The molecule has 1 atom stereocenters. The van der Waals surface area contributed by atoms with Crippen LogP contribution in [0.4, 0.5) is 13.2 Å². The van der Waals surface area contributed by atoms with E-state index in [4.69, 9.17) is 0 Å². The van der Waals surface area contributed by atoms with Crippen molar-refractivity contribution < 1.29 is 23.1 Å². The van der Waals surface area contributed by atoms with Gasteiger partial charge in [-0.05, 0) is 84.6 Å². The monoisotopic (exact) mass is 491 g/mol. The average molecular weight is 492 g/mol. The highest BCUT2D eigenvalue weighted by atomic mass is 19.4. The first kappa shape index (κ1) is 28.9. The molecule has 0 saturated carbocycles. The maximum absolute atomic E-state index is 12.9. The van der Waals surface area contributed by atoms with Gasteiger partial charge < -0.3 is 5.11 Å². The normalized spacial score (nSPS) is 16.8. The van der Waals surface area contributed by atoms with Crippen LogP contribution in [-0.4, -0.2) is 29.1 Å². The van der Waals surface area contributed by atoms with E-state index in [2.05, 4.69) is 39.5 Å². The van der Waals surface area contributed by atoms with Crippen LogP contribution >= 0.6 is 0 Å². The van der Waals surface area contributed by atoms with Crippen molar-refractivity contribution in [1.29, 1.82) is 0 Å². The van der Waals surface area contributed by atoms with Crippen LogP contribution in [0.1, 0.15) is 83.0 Å². The van der Waals surface area contributed by atoms with Crippen LogP contribution < -0.4 is 0 Å². The van der Waals surface area contributed by atoms with E-state index in [9.17, 15) is 23.1 Å². The third-order valence-corrected chi connectivity index (χ3v) is 5.91. The van der Waals surface area contributed by atoms with Gasteiger partial charge in [0.25, 0.3) is 0 Å². The lowest BCUT2D eigenvalue weighted by molar-refractivity contribution is -0.138. The second-order valence-electron chi connectivity index (χ2n) is 10.6. The minimum Gasteiger partial charge on any atom is -0.481 e. The number of carboxylic acids is 1. The first-order valence-corrected chi connectivity index (χ1v) is 12.6. The Morgan fingerprint density at radius 2 is 1.63 bits per heavy atom. The zero-order chi connectivity index (χ0) is 26.2. The van der Waals surface area contributed by atoms with Gasteiger partial charge in [0.05, 0.1) is 12.0 Å². The fraction of sp³-hybridized carbons (Fsp3) is 0.552. The Morgan fingerprint density at radius 3 is 2.17 bits per heavy atom. The number of nitrogens with zero attached hydrogens (tertiary/aromatic N) is 1. The number of hydrogen-bond donors (Lipinski definition) is 1. The molecule has 2 aromatic carbocycles. The van der Waals surface area contributed by atoms with Crippen LogP contribution in [0.25, 0.3) is 11.1 Å². The number of hydrogen-bond acceptors (Lipinski definition) is 2. The molecule has 0 radical (unpaired) electrons. The van der Waals surface area contributed by atoms with E-state index in [-0.39, 0.29) is 12.5 Å². The SMILES string of the molecule is CC(C)C.CC(C)CCN1CCCC[C@@H]1c1cc(CC(=O)O)cc(-c2ccc(C(F)(F)F)cc2)c1. The molecule has 1 aliphatic rings. The Kier molecular flexibility index (Phi) is 10.8. The van der Waals surface area contributed by atoms with Crippen LogP contribution in [-0.2, 0) is 17.4 Å². The molecule has 194 valence electrons. The van der Waals surface area contributed by atoms with Crippen molar-refractivity contribution >= 4 is 5.97 Å². The topological polar surface area (TPSA) is 40.5 Å². The van der Waals surface area contributed by atoms with Crippen molar-refractivity contribution in [1.82, 2.24) is 4.90 Å². The van der Waals surface area contributed by atoms with Crippen molar-refractivity contribution in [3.05, 3.63) is 59.2 Å². The van der Waals surface area contributed by atoms with Gasteiger partial charge in [0.15, 0.2) is 0 Å². The van der Waals surface area contributed by atoms with Gasteiger partial charge in [-0.1, -0.05) is 65.3 Å². The number of halogens is 3. The van der Waals surface area contributed by atoms with E-state index in [1.807, 2.05) is 12.1 Å². The van der Waals surface area contributed by atoms with Gasteiger partial charge in [0, 0.05) is 6.04 Å². The molecule has 0 bridgehead atoms. The summed E-state index contributed by atoms with van der Waals surface area (Å²) in [7, 11) is 0. The first-order valence-electron chi connectivity index (χ1n) is 12.6. The molecule has 6 heteroatoms. The van der Waals surface area contributed by atoms with Gasteiger partial charge in [-0.15, -0.1) is 0 Å². The molecule has 1 saturated heterocycles. The number of benzene rings is 2. The van der Waals surface area contributed by atoms with Crippen LogP contribution in [0.5, 0.6) is 0 Å². The maximum Gasteiger partial charge on any atom is 0.416 e. The summed E-state index contributed by atoms with van der Waals surface area (Å²) in [4.78, 5) is 13.8. The van der Waals surface area contributed by atoms with E-state index in [1.165, 1.54) is 12.1 Å². The molecule has 1 N–H and O–H groups in total. The summed E-state index contributed by atoms with van der Waals surface area (Å²) in [5, 5.41) is 9.32. The van der Waals surface area contributed by atoms with Gasteiger partial charge in [0.2, 0.25) is 0 Å². The summed E-state index contributed by atoms with van der Waals surface area (Å²) in [5.41, 5.74) is 2.46. The molecule has 2 aromatic rings. The highest BCUT2D eigenvalue weighted by molar-refractivity contribution is 5.73. The number of carbonyl (C=O) groups is 1. The predicted octanol–water partition coefficient (Wildman–Crippen LogP) is 8.23. The van der Waals surface area contributed by atoms with Gasteiger partial charge >= 0.3 is 12.1 Å². The Labute approximate surface area is 208 Å². The van der Waals surface area contributed by atoms with E-state index < -0.39 is 17.7 Å². The molecule has 1 heterocycles. The van der Waals surface area contributed by atoms with Crippen LogP contribution in [0.2, 0.25) is 0 Å². The highest BCUT2D eigenvalue weighted by Gasteiger charge is 2.30. The smallest absolute Gasteiger partial charge is 0.416 e. The Bertz CT molecular complexity index is 933. The maximum atomic E-state index is 12.9. The second kappa shape index (κ2) is 13.1. The van der Waals surface area contributed by atoms with Gasteiger partial charge in [-0.25, -0.2) is 0 Å². The fourth-order valence-electron chi connectivity index (χ4n) is 4.27. The van der Waals surface area contributed by atoms with Crippen molar-refractivity contribution in [2.45, 2.75) is 78.9 Å². The number of alkyl halides is 3. The summed E-state index contributed by atoms with van der Waals surface area (Å²) in [6.45, 7) is 12.9. The number of likely N-dealkylation sites (tertiary alicyclic amines) is 1. The zero-order valence-electron chi connectivity index (χ0n) is 21.7. The molecule has 35 heavy (non-hydrogen) atoms. The summed E-state index contributed by atoms with van der Waals surface area (Å²) in [6, 6.07) is 11.0. The Hall–Kier alpha value is -2.34. The van der Waals surface area contributed by atoms with Crippen molar-refractivity contribution in [2.24, 2.45) is 11.8 Å². The molecule has 1 aliphatic heterocycles. The van der Waals surface area contributed by atoms with Crippen molar-refractivity contribution in [3.63, 3.8) is 0 Å². The van der Waals surface area contributed by atoms with E-state index in [0.29, 0.717) is 17.0 Å². The molecule has 0 amide bonds. The summed E-state index contributed by atoms with van der Waals surface area (Å²) in [6.07, 6.45) is -0.136. The second-order valence-corrected chi connectivity index (χ2v) is 10.6. The molecule has 1 fully saturated rings. The number of rotatable bonds is 7. The van der Waals surface area contributed by atoms with Crippen molar-refractivity contribution in [2.75, 3.05) is 13.1 Å². The number of carboxylic acid groups (broad SMARTS) is 1. The fourth-order valence-corrected chi connectivity index (χ4v) is 4.27. The molecule has 0 aromatic heterocycles. The largest absolute Gasteiger partial charge is 0.481 e. The van der Waals surface area contributed by atoms with Crippen LogP contribution in [0.3, 0.4) is 0 Å². The molecular weight excluding hydrogens is 451 g/mol. The highest BCUT2D eigenvalue weighted by Crippen LogP contribution is 2.36. The minimum absolute atomic E-state index is 0.111. The standard InChI is InChI=1S/C25H30F3NO2.C4H10/c1-17(2)10-12-29-11-4-3-5-23(29)21-14-18(15-24(30)31)13-20(16-21)19-6-8-22(9-7-19)25(26,27)28;1-4(2)3/h6-9,13-14,16-17,23H,3-5,10-12,15H2,1-2H3,(H,30,31);4H,1-3H3/t23-;/m1./s1. The van der Waals surface area contributed by atoms with E-state index in [0.717, 1.165) is 68.0 Å². The summed E-state index contributed by atoms with van der Waals surface area (Å²) in [5.74, 6) is 0.513. The molecule has 3 rings (SSSR count). The third-order valence-electron chi connectivity index (χ3n) is 5.91. The van der Waals surface area contributed by atoms with E-state index >= 15 is 0 Å². The average Bonchev–Trinajstić information content (AvgIpc) is 2.76. The summed E-state index contributed by atoms with van der Waals surface area (Å²) < 4.78 is 38.8. The Morgan fingerprint density at radius 1 is 1.00 bits per heavy atom. The van der Waals surface area contributed by atoms with Gasteiger partial charge in [-0.2, -0.15) is 13.2 Å². The number of aliphatic carboxylic acids is 1. The molecule has 0 spiro atoms. The molecular formula is C29H40F3NO2. The quantitative estimate of drug-likeness (QED) is 0.424. The van der Waals surface area contributed by atoms with Gasteiger partial charge in [-0.3, -0.25) is 9.69 Å². The predicted molar refractivity (Wildman–Crippen MR) is 136 cm³/mol. The van der Waals surface area contributed by atoms with Gasteiger partial charge in [0.1, 0.15) is 0 Å². The lowest BCUT2D eigenvalue weighted by Gasteiger charge is -2.37. The number of piperidine rings is 1. The van der Waals surface area contributed by atoms with Crippen molar-refractivity contribution in [3.8, 4) is 11.1 Å². The molecule has 0 unspecified atom stereocenters. The third kappa shape index (κ3) is 9.67.